The summed E-state index contributed by atoms with van der Waals surface area (Å²) < 4.78 is 47.5. The second-order valence-electron chi connectivity index (χ2n) is 18.0. The van der Waals surface area contributed by atoms with E-state index >= 15 is 4.39 Å². The molecule has 4 unspecified atom stereocenters. The molecule has 14 heteroatoms. The van der Waals surface area contributed by atoms with E-state index in [2.05, 4.69) is 75.6 Å². The first-order valence-electron chi connectivity index (χ1n) is 21.7. The Morgan fingerprint density at radius 2 is 1.79 bits per heavy atom. The lowest BCUT2D eigenvalue weighted by molar-refractivity contribution is -0.0319. The zero-order chi connectivity index (χ0) is 42.9. The van der Waals surface area contributed by atoms with Gasteiger partial charge in [-0.2, -0.15) is 10.1 Å². The molecule has 61 heavy (non-hydrogen) atoms. The van der Waals surface area contributed by atoms with Gasteiger partial charge in [0.05, 0.1) is 34.8 Å². The fraction of sp³-hybridized carbons (Fsp3) is 0.468. The highest BCUT2D eigenvalue weighted by atomic mass is 35.5. The molecule has 0 spiro atoms. The number of fused-ring (bicyclic) bond motifs is 3. The summed E-state index contributed by atoms with van der Waals surface area (Å²) in [7, 11) is 3.82. The second-order valence-corrected chi connectivity index (χ2v) is 18.4. The minimum absolute atomic E-state index is 0.136. The van der Waals surface area contributed by atoms with Gasteiger partial charge in [0.25, 0.3) is 5.92 Å². The molecule has 4 atom stereocenters. The van der Waals surface area contributed by atoms with Crippen molar-refractivity contribution in [1.29, 1.82) is 0 Å². The maximum atomic E-state index is 15.8. The van der Waals surface area contributed by atoms with Crippen LogP contribution in [0.1, 0.15) is 87.4 Å². The van der Waals surface area contributed by atoms with Gasteiger partial charge in [-0.25, -0.2) is 18.2 Å². The van der Waals surface area contributed by atoms with Gasteiger partial charge >= 0.3 is 0 Å². The number of hydrogen-bond donors (Lipinski definition) is 3. The standard InChI is InChI=1S/C47H56ClF3N10/c1-26-24-61(19-15-33(26)25-60-17-13-31(14-18-60)32-9-11-36-42(20-32)59(7)57-44(36)34-10-8-27(2)53-28(34)3)46-52-23-38(48)45(56-46)55-40-21-37-41(22-39(40)49)58(6)29(4)35-12-16-47(50,51)30(5)54-43(35)37/h9,11,20-23,26,30-31,33-34,53-54H,2-4,8,10,12-19,24-25H2,1,5-7H3,(H,52,55,56). The molecule has 10 nitrogen and oxygen atoms in total. The van der Waals surface area contributed by atoms with Crippen molar-refractivity contribution in [1.82, 2.24) is 35.3 Å². The molecule has 0 aliphatic carbocycles. The molecule has 0 bridgehead atoms. The number of anilines is 4. The SMILES string of the molecule is C=C1CCC(c2nn(C)c3cc(C4CCN(CC5CCN(c6ncc(Cl)c(Nc7cc8c(cc7F)N(C)C(=C)C7=C8NC(C)C(F)(F)CC7)n6)CC5C)CC4)ccc23)C(=C)N1. The number of benzene rings is 2. The third kappa shape index (κ3) is 7.77. The van der Waals surface area contributed by atoms with Crippen LogP contribution in [0.25, 0.3) is 16.6 Å². The number of nitrogens with one attached hydrogen (secondary N) is 3. The van der Waals surface area contributed by atoms with E-state index in [0.29, 0.717) is 51.9 Å². The fourth-order valence-corrected chi connectivity index (χ4v) is 10.3. The number of aryl methyl sites for hydroxylation is 1. The number of likely N-dealkylation sites (N-methyl/N-ethyl adjacent to an activating group) is 1. The third-order valence-corrected chi connectivity index (χ3v) is 14.4. The average Bonchev–Trinajstić information content (AvgIpc) is 3.50. The number of hydrogen-bond acceptors (Lipinski definition) is 9. The molecule has 9 rings (SSSR count). The monoisotopic (exact) mass is 852 g/mol. The number of rotatable bonds is 7. The van der Waals surface area contributed by atoms with Gasteiger partial charge < -0.3 is 30.7 Å². The molecule has 3 N–H and O–H groups in total. The van der Waals surface area contributed by atoms with Crippen LogP contribution >= 0.6 is 11.6 Å². The molecule has 5 aliphatic rings. The Balaban J connectivity index is 0.828. The molecule has 0 saturated carbocycles. The largest absolute Gasteiger partial charge is 0.376 e. The van der Waals surface area contributed by atoms with Gasteiger partial charge in [-0.15, -0.1) is 0 Å². The number of nitrogens with zero attached hydrogens (tertiary/aromatic N) is 7. The number of aromatic nitrogens is 4. The molecule has 7 heterocycles. The summed E-state index contributed by atoms with van der Waals surface area (Å²) >= 11 is 6.62. The molecule has 0 radical (unpaired) electrons. The number of halogens is 4. The summed E-state index contributed by atoms with van der Waals surface area (Å²) in [6, 6.07) is 8.88. The summed E-state index contributed by atoms with van der Waals surface area (Å²) in [6.45, 7) is 21.1. The first-order chi connectivity index (χ1) is 29.1. The topological polar surface area (TPSA) is 89.4 Å². The van der Waals surface area contributed by atoms with Gasteiger partial charge in [-0.1, -0.05) is 50.4 Å². The van der Waals surface area contributed by atoms with Gasteiger partial charge in [-0.3, -0.25) is 4.68 Å². The first-order valence-corrected chi connectivity index (χ1v) is 22.0. The smallest absolute Gasteiger partial charge is 0.267 e. The van der Waals surface area contributed by atoms with E-state index in [0.717, 1.165) is 81.9 Å². The molecule has 3 fully saturated rings. The predicted octanol–water partition coefficient (Wildman–Crippen LogP) is 9.82. The highest BCUT2D eigenvalue weighted by Gasteiger charge is 2.42. The molecular weight excluding hydrogens is 797 g/mol. The lowest BCUT2D eigenvalue weighted by Gasteiger charge is -2.41. The molecule has 3 saturated heterocycles. The third-order valence-electron chi connectivity index (χ3n) is 14.1. The van der Waals surface area contributed by atoms with Crippen molar-refractivity contribution in [3.05, 3.63) is 107 Å². The van der Waals surface area contributed by atoms with Gasteiger partial charge in [0, 0.05) is 85.9 Å². The van der Waals surface area contributed by atoms with Crippen LogP contribution < -0.4 is 25.8 Å². The van der Waals surface area contributed by atoms with Gasteiger partial charge in [0.2, 0.25) is 5.95 Å². The predicted molar refractivity (Wildman–Crippen MR) is 240 cm³/mol. The molecular formula is C47H56ClF3N10. The van der Waals surface area contributed by atoms with Crippen molar-refractivity contribution in [3.63, 3.8) is 0 Å². The Morgan fingerprint density at radius 3 is 2.54 bits per heavy atom. The van der Waals surface area contributed by atoms with E-state index in [9.17, 15) is 8.78 Å². The van der Waals surface area contributed by atoms with E-state index in [4.69, 9.17) is 21.7 Å². The van der Waals surface area contributed by atoms with Crippen LogP contribution in [0.4, 0.5) is 36.3 Å². The second kappa shape index (κ2) is 16.0. The average molecular weight is 853 g/mol. The fourth-order valence-electron chi connectivity index (χ4n) is 10.2. The highest BCUT2D eigenvalue weighted by Crippen LogP contribution is 2.46. The van der Waals surface area contributed by atoms with Crippen LogP contribution in [0.3, 0.4) is 0 Å². The summed E-state index contributed by atoms with van der Waals surface area (Å²) in [5.74, 6) is -0.965. The van der Waals surface area contributed by atoms with Crippen molar-refractivity contribution in [2.45, 2.75) is 82.6 Å². The molecule has 0 amide bonds. The number of alkyl halides is 2. The summed E-state index contributed by atoms with van der Waals surface area (Å²) in [5, 5.41) is 15.9. The van der Waals surface area contributed by atoms with Gasteiger partial charge in [-0.05, 0) is 99.6 Å². The van der Waals surface area contributed by atoms with E-state index in [-0.39, 0.29) is 35.3 Å². The van der Waals surface area contributed by atoms with Crippen molar-refractivity contribution in [3.8, 4) is 0 Å². The maximum absolute atomic E-state index is 15.8. The Kier molecular flexibility index (Phi) is 10.9. The normalized spacial score (nSPS) is 25.0. The summed E-state index contributed by atoms with van der Waals surface area (Å²) in [6.07, 6.45) is 6.57. The van der Waals surface area contributed by atoms with Crippen molar-refractivity contribution in [2.24, 2.45) is 18.9 Å². The molecule has 2 aromatic heterocycles. The van der Waals surface area contributed by atoms with Gasteiger partial charge in [0.15, 0.2) is 5.82 Å². The van der Waals surface area contributed by atoms with E-state index in [1.807, 2.05) is 11.7 Å². The number of allylic oxidation sites excluding steroid dienone is 3. The van der Waals surface area contributed by atoms with Crippen LogP contribution in [0.15, 0.2) is 78.9 Å². The van der Waals surface area contributed by atoms with E-state index in [1.54, 1.807) is 24.2 Å². The van der Waals surface area contributed by atoms with Crippen molar-refractivity contribution < 1.29 is 13.2 Å². The van der Waals surface area contributed by atoms with E-state index in [1.165, 1.54) is 29.5 Å². The Morgan fingerprint density at radius 1 is 1.00 bits per heavy atom. The Bertz CT molecular complexity index is 2450. The maximum Gasteiger partial charge on any atom is 0.267 e. The molecule has 4 aromatic rings. The Labute approximate surface area is 361 Å². The number of piperidine rings is 3. The molecule has 2 aromatic carbocycles. The summed E-state index contributed by atoms with van der Waals surface area (Å²) in [5.41, 5.74) is 8.78. The quantitative estimate of drug-likeness (QED) is 0.168. The van der Waals surface area contributed by atoms with E-state index < -0.39 is 17.8 Å². The van der Waals surface area contributed by atoms with Crippen LogP contribution in [-0.2, 0) is 7.05 Å². The van der Waals surface area contributed by atoms with Crippen LogP contribution in [0, 0.1) is 17.7 Å². The minimum Gasteiger partial charge on any atom is -0.376 e. The molecule has 322 valence electrons. The lowest BCUT2D eigenvalue weighted by Crippen LogP contribution is -2.45. The first kappa shape index (κ1) is 41.3. The molecule has 5 aliphatic heterocycles. The van der Waals surface area contributed by atoms with Crippen molar-refractivity contribution in [2.75, 3.05) is 54.9 Å². The van der Waals surface area contributed by atoms with Gasteiger partial charge in [0.1, 0.15) is 10.8 Å². The highest BCUT2D eigenvalue weighted by molar-refractivity contribution is 6.33. The zero-order valence-corrected chi connectivity index (χ0v) is 36.4. The Hall–Kier alpha value is -5.01. The van der Waals surface area contributed by atoms with Crippen LogP contribution in [0.2, 0.25) is 5.02 Å². The van der Waals surface area contributed by atoms with Crippen LogP contribution in [-0.4, -0.2) is 76.4 Å². The number of likely N-dealkylation sites (tertiary alicyclic amines) is 1. The minimum atomic E-state index is -2.91. The van der Waals surface area contributed by atoms with Crippen LogP contribution in [0.5, 0.6) is 0 Å². The zero-order valence-electron chi connectivity index (χ0n) is 35.6. The van der Waals surface area contributed by atoms with Crippen molar-refractivity contribution >= 4 is 51.3 Å². The lowest BCUT2D eigenvalue weighted by atomic mass is 9.84. The summed E-state index contributed by atoms with van der Waals surface area (Å²) in [4.78, 5) is 16.0.